The minimum absolute atomic E-state index is 0.0508. The Morgan fingerprint density at radius 2 is 1.88 bits per heavy atom. The van der Waals surface area contributed by atoms with Gasteiger partial charge >= 0.3 is 11.9 Å². The molecule has 1 fully saturated rings. The van der Waals surface area contributed by atoms with E-state index in [1.165, 1.54) is 12.7 Å². The van der Waals surface area contributed by atoms with Gasteiger partial charge in [-0.2, -0.15) is 0 Å². The molecule has 0 N–H and O–H groups in total. The fourth-order valence-corrected chi connectivity index (χ4v) is 3.34. The van der Waals surface area contributed by atoms with Crippen LogP contribution in [-0.4, -0.2) is 25.2 Å². The van der Waals surface area contributed by atoms with Gasteiger partial charge in [-0.3, -0.25) is 0 Å². The number of allylic oxidation sites excluding steroid dienone is 4. The molecule has 0 aromatic carbocycles. The van der Waals surface area contributed by atoms with E-state index in [4.69, 9.17) is 9.47 Å². The van der Waals surface area contributed by atoms with E-state index in [2.05, 4.69) is 19.6 Å². The molecule has 1 heterocycles. The number of hydrogen-bond acceptors (Lipinski definition) is 4. The van der Waals surface area contributed by atoms with Crippen LogP contribution in [0.5, 0.6) is 0 Å². The first kappa shape index (κ1) is 19.2. The lowest BCUT2D eigenvalue weighted by Crippen LogP contribution is -2.15. The third-order valence-corrected chi connectivity index (χ3v) is 4.93. The van der Waals surface area contributed by atoms with Crippen LogP contribution in [0.15, 0.2) is 47.1 Å². The van der Waals surface area contributed by atoms with Crippen molar-refractivity contribution in [2.24, 2.45) is 5.92 Å². The van der Waals surface area contributed by atoms with Crippen molar-refractivity contribution in [3.63, 3.8) is 0 Å². The van der Waals surface area contributed by atoms with E-state index in [-0.39, 0.29) is 24.0 Å². The molecule has 0 aromatic heterocycles. The highest BCUT2D eigenvalue weighted by atomic mass is 16.6. The number of methoxy groups -OCH3 is 1. The topological polar surface area (TPSA) is 52.6 Å². The third-order valence-electron chi connectivity index (χ3n) is 4.93. The summed E-state index contributed by atoms with van der Waals surface area (Å²) < 4.78 is 10.4. The third kappa shape index (κ3) is 5.18. The fourth-order valence-electron chi connectivity index (χ4n) is 3.34. The molecule has 136 valence electrons. The minimum Gasteiger partial charge on any atom is -0.466 e. The minimum atomic E-state index is -0.280. The van der Waals surface area contributed by atoms with Gasteiger partial charge < -0.3 is 9.47 Å². The predicted molar refractivity (Wildman–Crippen MR) is 97.8 cm³/mol. The van der Waals surface area contributed by atoms with E-state index in [0.29, 0.717) is 12.0 Å². The standard InChI is InChI=1S/C21H28O4/c1-14-7-5-9-17(21(23)24-4)10-6-8-15(2)13-19-18(12-11-14)16(3)20(22)25-19/h7,10,13,18-19H,3,5-6,8-9,11-12H2,1-2,4H3/b14-7+,15-13+,17-10-/t18-,19-/m0/s1. The quantitative estimate of drug-likeness (QED) is 0.401. The highest BCUT2D eigenvalue weighted by molar-refractivity contribution is 5.91. The molecule has 1 saturated heterocycles. The maximum atomic E-state index is 11.9. The van der Waals surface area contributed by atoms with E-state index in [0.717, 1.165) is 43.3 Å². The zero-order valence-electron chi connectivity index (χ0n) is 15.5. The first-order valence-corrected chi connectivity index (χ1v) is 8.92. The Labute approximate surface area is 150 Å². The Kier molecular flexibility index (Phi) is 6.80. The normalized spacial score (nSPS) is 32.0. The molecular formula is C21H28O4. The number of ether oxygens (including phenoxy) is 2. The Morgan fingerprint density at radius 1 is 1.16 bits per heavy atom. The summed E-state index contributed by atoms with van der Waals surface area (Å²) >= 11 is 0. The Hall–Kier alpha value is -2.10. The van der Waals surface area contributed by atoms with Gasteiger partial charge in [0.1, 0.15) is 6.10 Å². The lowest BCUT2D eigenvalue weighted by Gasteiger charge is -2.16. The molecule has 0 amide bonds. The lowest BCUT2D eigenvalue weighted by molar-refractivity contribution is -0.138. The second-order valence-electron chi connectivity index (χ2n) is 6.90. The van der Waals surface area contributed by atoms with E-state index < -0.39 is 0 Å². The van der Waals surface area contributed by atoms with Crippen LogP contribution in [0.25, 0.3) is 0 Å². The highest BCUT2D eigenvalue weighted by Crippen LogP contribution is 2.33. The number of esters is 2. The van der Waals surface area contributed by atoms with Crippen LogP contribution in [0.4, 0.5) is 0 Å². The molecule has 1 aliphatic heterocycles. The van der Waals surface area contributed by atoms with Gasteiger partial charge in [0.15, 0.2) is 0 Å². The average Bonchev–Trinajstić information content (AvgIpc) is 2.84. The van der Waals surface area contributed by atoms with Gasteiger partial charge in [-0.25, -0.2) is 9.59 Å². The van der Waals surface area contributed by atoms with Crippen LogP contribution in [0.1, 0.15) is 52.4 Å². The first-order chi connectivity index (χ1) is 11.9. The first-order valence-electron chi connectivity index (χ1n) is 8.92. The van der Waals surface area contributed by atoms with Crippen molar-refractivity contribution in [2.45, 2.75) is 58.5 Å². The lowest BCUT2D eigenvalue weighted by atomic mass is 9.89. The van der Waals surface area contributed by atoms with Gasteiger partial charge in [0, 0.05) is 17.1 Å². The van der Waals surface area contributed by atoms with E-state index >= 15 is 0 Å². The molecule has 0 spiro atoms. The summed E-state index contributed by atoms with van der Waals surface area (Å²) in [6.07, 6.45) is 10.8. The zero-order chi connectivity index (χ0) is 18.4. The summed E-state index contributed by atoms with van der Waals surface area (Å²) in [5, 5.41) is 0. The summed E-state index contributed by atoms with van der Waals surface area (Å²) in [7, 11) is 1.42. The molecule has 4 nitrogen and oxygen atoms in total. The molecule has 25 heavy (non-hydrogen) atoms. The maximum absolute atomic E-state index is 11.9. The van der Waals surface area contributed by atoms with Crippen molar-refractivity contribution in [1.29, 1.82) is 0 Å². The Bertz CT molecular complexity index is 636. The van der Waals surface area contributed by atoms with Crippen molar-refractivity contribution >= 4 is 11.9 Å². The van der Waals surface area contributed by atoms with Crippen molar-refractivity contribution in [3.8, 4) is 0 Å². The second kappa shape index (κ2) is 8.84. The molecule has 0 saturated carbocycles. The number of hydrogen-bond donors (Lipinski definition) is 0. The van der Waals surface area contributed by atoms with Gasteiger partial charge in [0.2, 0.25) is 0 Å². The molecule has 0 bridgehead atoms. The van der Waals surface area contributed by atoms with Crippen LogP contribution in [0.2, 0.25) is 0 Å². The molecule has 0 aromatic rings. The maximum Gasteiger partial charge on any atom is 0.334 e. The van der Waals surface area contributed by atoms with Crippen LogP contribution in [0, 0.1) is 5.92 Å². The van der Waals surface area contributed by atoms with Crippen LogP contribution >= 0.6 is 0 Å². The summed E-state index contributed by atoms with van der Waals surface area (Å²) in [4.78, 5) is 23.8. The Morgan fingerprint density at radius 3 is 2.60 bits per heavy atom. The summed E-state index contributed by atoms with van der Waals surface area (Å²) in [6.45, 7) is 8.05. The number of fused-ring (bicyclic) bond motifs is 1. The van der Waals surface area contributed by atoms with Gasteiger partial charge in [-0.15, -0.1) is 0 Å². The zero-order valence-corrected chi connectivity index (χ0v) is 15.5. The van der Waals surface area contributed by atoms with Gasteiger partial charge in [-0.1, -0.05) is 29.9 Å². The molecule has 1 aliphatic carbocycles. The van der Waals surface area contributed by atoms with Crippen LogP contribution in [0.3, 0.4) is 0 Å². The summed E-state index contributed by atoms with van der Waals surface area (Å²) in [6, 6.07) is 0. The smallest absolute Gasteiger partial charge is 0.334 e. The van der Waals surface area contributed by atoms with Crippen molar-refractivity contribution in [1.82, 2.24) is 0 Å². The number of carbonyl (C=O) groups is 2. The van der Waals surface area contributed by atoms with Gasteiger partial charge in [-0.05, 0) is 58.4 Å². The highest BCUT2D eigenvalue weighted by Gasteiger charge is 2.36. The summed E-state index contributed by atoms with van der Waals surface area (Å²) in [5.74, 6) is -0.478. The molecule has 2 rings (SSSR count). The van der Waals surface area contributed by atoms with E-state index in [1.54, 1.807) is 0 Å². The van der Waals surface area contributed by atoms with E-state index in [1.807, 2.05) is 19.1 Å². The average molecular weight is 344 g/mol. The molecule has 0 radical (unpaired) electrons. The molecular weight excluding hydrogens is 316 g/mol. The fraction of sp³-hybridized carbons (Fsp3) is 0.524. The van der Waals surface area contributed by atoms with Crippen molar-refractivity contribution in [2.75, 3.05) is 7.11 Å². The predicted octanol–water partition coefficient (Wildman–Crippen LogP) is 4.43. The van der Waals surface area contributed by atoms with Crippen LogP contribution in [-0.2, 0) is 19.1 Å². The number of rotatable bonds is 1. The molecule has 4 heteroatoms. The largest absolute Gasteiger partial charge is 0.466 e. The van der Waals surface area contributed by atoms with Crippen molar-refractivity contribution in [3.05, 3.63) is 47.1 Å². The second-order valence-corrected chi connectivity index (χ2v) is 6.90. The SMILES string of the molecule is C=C1C(=O)O[C@H]2/C=C(\C)CC/C=C(\C(=O)OC)CC/C=C(\C)CC[C@@H]12. The Balaban J connectivity index is 2.23. The molecule has 2 aliphatic rings. The van der Waals surface area contributed by atoms with Gasteiger partial charge in [0.05, 0.1) is 7.11 Å². The van der Waals surface area contributed by atoms with E-state index in [9.17, 15) is 9.59 Å². The summed E-state index contributed by atoms with van der Waals surface area (Å²) in [5.41, 5.74) is 3.73. The van der Waals surface area contributed by atoms with Crippen molar-refractivity contribution < 1.29 is 19.1 Å². The van der Waals surface area contributed by atoms with Crippen LogP contribution < -0.4 is 0 Å². The van der Waals surface area contributed by atoms with Gasteiger partial charge in [0.25, 0.3) is 0 Å². The monoisotopic (exact) mass is 344 g/mol. The number of carbonyl (C=O) groups excluding carboxylic acids is 2. The molecule has 2 atom stereocenters. The molecule has 0 unspecified atom stereocenters.